The van der Waals surface area contributed by atoms with E-state index >= 15 is 0 Å². The van der Waals surface area contributed by atoms with Gasteiger partial charge in [-0.1, -0.05) is 57.9 Å². The third kappa shape index (κ3) is 2.47. The zero-order valence-corrected chi connectivity index (χ0v) is 11.9. The number of hydrogen-bond acceptors (Lipinski definition) is 1. The van der Waals surface area contributed by atoms with E-state index in [9.17, 15) is 5.11 Å². The molecule has 2 atom stereocenters. The highest BCUT2D eigenvalue weighted by Crippen LogP contribution is 2.45. The molecule has 0 heterocycles. The lowest BCUT2D eigenvalue weighted by atomic mass is 9.67. The van der Waals surface area contributed by atoms with E-state index in [1.165, 1.54) is 12.0 Å². The second kappa shape index (κ2) is 5.44. The average Bonchev–Trinajstić information content (AvgIpc) is 2.39. The molecule has 0 saturated heterocycles. The minimum atomic E-state index is -0.600. The van der Waals surface area contributed by atoms with E-state index in [0.29, 0.717) is 11.8 Å². The van der Waals surface area contributed by atoms with Crippen molar-refractivity contribution < 1.29 is 5.11 Å². The highest BCUT2D eigenvalue weighted by atomic mass is 16.3. The van der Waals surface area contributed by atoms with Crippen molar-refractivity contribution in [3.63, 3.8) is 0 Å². The summed E-state index contributed by atoms with van der Waals surface area (Å²) in [5.74, 6) is 0.943. The zero-order chi connectivity index (χ0) is 13.2. The molecule has 1 saturated carbocycles. The van der Waals surface area contributed by atoms with Gasteiger partial charge in [0.25, 0.3) is 0 Å². The molecule has 1 aliphatic carbocycles. The Bertz CT molecular complexity index is 396. The molecule has 1 heteroatoms. The number of hydrogen-bond donors (Lipinski definition) is 1. The first-order valence-electron chi connectivity index (χ1n) is 7.39. The van der Waals surface area contributed by atoms with Crippen LogP contribution in [-0.4, -0.2) is 5.11 Å². The molecule has 1 N–H and O–H groups in total. The van der Waals surface area contributed by atoms with Crippen LogP contribution < -0.4 is 0 Å². The fraction of sp³-hybridized carbons (Fsp3) is 0.647. The van der Waals surface area contributed by atoms with Gasteiger partial charge in [-0.2, -0.15) is 0 Å². The van der Waals surface area contributed by atoms with Crippen LogP contribution >= 0.6 is 0 Å². The van der Waals surface area contributed by atoms with Crippen molar-refractivity contribution in [1.29, 1.82) is 0 Å². The van der Waals surface area contributed by atoms with Crippen LogP contribution in [0.1, 0.15) is 57.6 Å². The molecule has 1 aromatic rings. The minimum absolute atomic E-state index is 0.401. The third-order valence-corrected chi connectivity index (χ3v) is 4.58. The largest absolute Gasteiger partial charge is 0.385 e. The Morgan fingerprint density at radius 3 is 2.78 bits per heavy atom. The molecule has 18 heavy (non-hydrogen) atoms. The van der Waals surface area contributed by atoms with E-state index < -0.39 is 5.60 Å². The van der Waals surface area contributed by atoms with Gasteiger partial charge in [0.05, 0.1) is 5.60 Å². The topological polar surface area (TPSA) is 20.2 Å². The number of benzene rings is 1. The summed E-state index contributed by atoms with van der Waals surface area (Å²) >= 11 is 0. The molecule has 0 amide bonds. The summed E-state index contributed by atoms with van der Waals surface area (Å²) in [4.78, 5) is 0. The first kappa shape index (κ1) is 13.6. The summed E-state index contributed by atoms with van der Waals surface area (Å²) in [5, 5.41) is 11.2. The molecule has 1 fully saturated rings. The SMILES string of the molecule is CCc1cccc(C2(O)CCCCC2C(C)C)c1. The molecule has 2 rings (SSSR count). The summed E-state index contributed by atoms with van der Waals surface area (Å²) in [6.45, 7) is 6.65. The Kier molecular flexibility index (Phi) is 4.11. The number of rotatable bonds is 3. The van der Waals surface area contributed by atoms with Crippen LogP contribution in [0.3, 0.4) is 0 Å². The van der Waals surface area contributed by atoms with Gasteiger partial charge in [-0.05, 0) is 42.2 Å². The molecule has 0 aliphatic heterocycles. The molecule has 1 aliphatic rings. The smallest absolute Gasteiger partial charge is 0.0927 e. The monoisotopic (exact) mass is 246 g/mol. The highest BCUT2D eigenvalue weighted by molar-refractivity contribution is 5.29. The van der Waals surface area contributed by atoms with E-state index in [0.717, 1.165) is 31.2 Å². The van der Waals surface area contributed by atoms with Gasteiger partial charge in [-0.15, -0.1) is 0 Å². The minimum Gasteiger partial charge on any atom is -0.385 e. The van der Waals surface area contributed by atoms with Crippen molar-refractivity contribution in [3.05, 3.63) is 35.4 Å². The van der Waals surface area contributed by atoms with Crippen LogP contribution in [0.5, 0.6) is 0 Å². The predicted molar refractivity (Wildman–Crippen MR) is 76.5 cm³/mol. The standard InChI is InChI=1S/C17H26O/c1-4-14-8-7-9-15(12-14)17(18)11-6-5-10-16(17)13(2)3/h7-9,12-13,16,18H,4-6,10-11H2,1-3H3. The Labute approximate surface area is 111 Å². The molecule has 0 aromatic heterocycles. The quantitative estimate of drug-likeness (QED) is 0.844. The van der Waals surface area contributed by atoms with Gasteiger partial charge in [0, 0.05) is 0 Å². The molecule has 2 unspecified atom stereocenters. The molecule has 0 spiro atoms. The van der Waals surface area contributed by atoms with Gasteiger partial charge in [-0.25, -0.2) is 0 Å². The van der Waals surface area contributed by atoms with Crippen LogP contribution in [-0.2, 0) is 12.0 Å². The molecular weight excluding hydrogens is 220 g/mol. The fourth-order valence-electron chi connectivity index (χ4n) is 3.49. The van der Waals surface area contributed by atoms with Crippen molar-refractivity contribution >= 4 is 0 Å². The molecule has 0 bridgehead atoms. The van der Waals surface area contributed by atoms with E-state index in [1.807, 2.05) is 0 Å². The summed E-state index contributed by atoms with van der Waals surface area (Å²) < 4.78 is 0. The fourth-order valence-corrected chi connectivity index (χ4v) is 3.49. The van der Waals surface area contributed by atoms with Gasteiger partial charge in [0.15, 0.2) is 0 Å². The molecular formula is C17H26O. The van der Waals surface area contributed by atoms with Gasteiger partial charge < -0.3 is 5.11 Å². The second-order valence-corrected chi connectivity index (χ2v) is 6.07. The Morgan fingerprint density at radius 1 is 1.33 bits per heavy atom. The Hall–Kier alpha value is -0.820. The molecule has 1 nitrogen and oxygen atoms in total. The maximum atomic E-state index is 11.2. The van der Waals surface area contributed by atoms with Crippen LogP contribution in [0, 0.1) is 11.8 Å². The highest BCUT2D eigenvalue weighted by Gasteiger charge is 2.41. The third-order valence-electron chi connectivity index (χ3n) is 4.58. The van der Waals surface area contributed by atoms with Gasteiger partial charge >= 0.3 is 0 Å². The van der Waals surface area contributed by atoms with Crippen LogP contribution in [0.15, 0.2) is 24.3 Å². The first-order valence-corrected chi connectivity index (χ1v) is 7.39. The summed E-state index contributed by atoms with van der Waals surface area (Å²) in [7, 11) is 0. The van der Waals surface area contributed by atoms with Crippen molar-refractivity contribution in [2.75, 3.05) is 0 Å². The van der Waals surface area contributed by atoms with Crippen LogP contribution in [0.2, 0.25) is 0 Å². The maximum absolute atomic E-state index is 11.2. The predicted octanol–water partition coefficient (Wildman–Crippen LogP) is 4.28. The molecule has 100 valence electrons. The molecule has 0 radical (unpaired) electrons. The maximum Gasteiger partial charge on any atom is 0.0927 e. The zero-order valence-electron chi connectivity index (χ0n) is 11.9. The Morgan fingerprint density at radius 2 is 2.11 bits per heavy atom. The normalized spacial score (nSPS) is 28.6. The van der Waals surface area contributed by atoms with Crippen molar-refractivity contribution in [2.24, 2.45) is 11.8 Å². The Balaban J connectivity index is 2.37. The summed E-state index contributed by atoms with van der Waals surface area (Å²) in [6.07, 6.45) is 5.53. The van der Waals surface area contributed by atoms with Gasteiger partial charge in [-0.3, -0.25) is 0 Å². The van der Waals surface area contributed by atoms with Crippen molar-refractivity contribution in [2.45, 2.75) is 58.5 Å². The number of aryl methyl sites for hydroxylation is 1. The first-order chi connectivity index (χ1) is 8.58. The van der Waals surface area contributed by atoms with Gasteiger partial charge in [0.2, 0.25) is 0 Å². The van der Waals surface area contributed by atoms with Gasteiger partial charge in [0.1, 0.15) is 0 Å². The number of aliphatic hydroxyl groups is 1. The average molecular weight is 246 g/mol. The van der Waals surface area contributed by atoms with Crippen molar-refractivity contribution in [1.82, 2.24) is 0 Å². The van der Waals surface area contributed by atoms with Crippen molar-refractivity contribution in [3.8, 4) is 0 Å². The summed E-state index contributed by atoms with van der Waals surface area (Å²) in [5.41, 5.74) is 1.87. The van der Waals surface area contributed by atoms with E-state index in [4.69, 9.17) is 0 Å². The van der Waals surface area contributed by atoms with E-state index in [-0.39, 0.29) is 0 Å². The summed E-state index contributed by atoms with van der Waals surface area (Å²) in [6, 6.07) is 8.57. The lowest BCUT2D eigenvalue weighted by Crippen LogP contribution is -2.40. The second-order valence-electron chi connectivity index (χ2n) is 6.07. The van der Waals surface area contributed by atoms with Crippen LogP contribution in [0.4, 0.5) is 0 Å². The van der Waals surface area contributed by atoms with E-state index in [2.05, 4.69) is 45.0 Å². The van der Waals surface area contributed by atoms with E-state index in [1.54, 1.807) is 0 Å². The lowest BCUT2D eigenvalue weighted by molar-refractivity contribution is -0.0721. The molecule has 1 aromatic carbocycles. The lowest BCUT2D eigenvalue weighted by Gasteiger charge is -2.43. The van der Waals surface area contributed by atoms with Crippen LogP contribution in [0.25, 0.3) is 0 Å².